The molecule has 0 aliphatic carbocycles. The zero-order valence-corrected chi connectivity index (χ0v) is 14.5. The normalized spacial score (nSPS) is 12.1. The fourth-order valence-corrected chi connectivity index (χ4v) is 1.91. The van der Waals surface area contributed by atoms with E-state index in [9.17, 15) is 9.59 Å². The molecule has 3 N–H and O–H groups in total. The number of hydrogen-bond acceptors (Lipinski definition) is 5. The lowest BCUT2D eigenvalue weighted by molar-refractivity contribution is -0.125. The zero-order valence-electron chi connectivity index (χ0n) is 12.2. The molecule has 9 heteroatoms. The molecule has 0 unspecified atom stereocenters. The van der Waals surface area contributed by atoms with E-state index in [0.29, 0.717) is 0 Å². The number of nitrogens with one attached hydrogen (secondary N) is 1. The third-order valence-corrected chi connectivity index (χ3v) is 4.12. The Labute approximate surface area is 143 Å². The number of aromatic nitrogens is 1. The van der Waals surface area contributed by atoms with Gasteiger partial charge in [-0.1, -0.05) is 48.7 Å². The van der Waals surface area contributed by atoms with E-state index in [-0.39, 0.29) is 38.5 Å². The van der Waals surface area contributed by atoms with Crippen LogP contribution in [-0.4, -0.2) is 29.5 Å². The van der Waals surface area contributed by atoms with Crippen LogP contribution in [-0.2, 0) is 9.53 Å². The van der Waals surface area contributed by atoms with Gasteiger partial charge in [-0.3, -0.25) is 4.79 Å². The molecule has 1 rings (SSSR count). The average Bonchev–Trinajstić information content (AvgIpc) is 2.46. The third kappa shape index (κ3) is 4.63. The second kappa shape index (κ2) is 7.85. The Morgan fingerprint density at radius 2 is 1.82 bits per heavy atom. The van der Waals surface area contributed by atoms with Crippen molar-refractivity contribution in [1.29, 1.82) is 0 Å². The number of amides is 1. The molecule has 1 heterocycles. The van der Waals surface area contributed by atoms with E-state index >= 15 is 0 Å². The molecule has 0 radical (unpaired) electrons. The topological polar surface area (TPSA) is 94.3 Å². The molecule has 1 aromatic rings. The summed E-state index contributed by atoms with van der Waals surface area (Å²) in [5.74, 6) is -1.09. The minimum Gasteiger partial charge on any atom is -0.451 e. The molecule has 22 heavy (non-hydrogen) atoms. The molecule has 1 aromatic heterocycles. The lowest BCUT2D eigenvalue weighted by Gasteiger charge is -2.17. The molecular formula is C13H16Cl3N3O3. The number of anilines is 1. The summed E-state index contributed by atoms with van der Waals surface area (Å²) in [6, 6.07) is -0.0477. The second-order valence-corrected chi connectivity index (χ2v) is 6.08. The minimum absolute atomic E-state index is 0.0477. The number of halogens is 3. The zero-order chi connectivity index (χ0) is 17.0. The Kier molecular flexibility index (Phi) is 6.71. The van der Waals surface area contributed by atoms with Gasteiger partial charge in [0.05, 0.1) is 10.7 Å². The highest BCUT2D eigenvalue weighted by molar-refractivity contribution is 6.46. The average molecular weight is 369 g/mol. The number of ether oxygens (including phenoxy) is 1. The minimum atomic E-state index is -0.914. The summed E-state index contributed by atoms with van der Waals surface area (Å²) >= 11 is 17.4. The van der Waals surface area contributed by atoms with Gasteiger partial charge in [0.15, 0.2) is 17.5 Å². The van der Waals surface area contributed by atoms with E-state index in [2.05, 4.69) is 10.3 Å². The van der Waals surface area contributed by atoms with Gasteiger partial charge in [0.1, 0.15) is 5.02 Å². The number of esters is 1. The Bertz CT molecular complexity index is 594. The fraction of sp³-hybridized carbons (Fsp3) is 0.462. The van der Waals surface area contributed by atoms with Crippen molar-refractivity contribution in [3.8, 4) is 0 Å². The third-order valence-electron chi connectivity index (χ3n) is 2.99. The number of hydrogen-bond donors (Lipinski definition) is 2. The number of rotatable bonds is 5. The maximum atomic E-state index is 11.9. The molecule has 0 aliphatic heterocycles. The van der Waals surface area contributed by atoms with Crippen LogP contribution in [0.3, 0.4) is 0 Å². The van der Waals surface area contributed by atoms with E-state index < -0.39 is 18.5 Å². The highest BCUT2D eigenvalue weighted by Gasteiger charge is 2.22. The number of carbonyl (C=O) groups is 2. The molecule has 1 atom stereocenters. The molecule has 122 valence electrons. The molecule has 0 spiro atoms. The van der Waals surface area contributed by atoms with E-state index in [4.69, 9.17) is 45.3 Å². The molecular weight excluding hydrogens is 353 g/mol. The smallest absolute Gasteiger partial charge is 0.359 e. The molecule has 0 bridgehead atoms. The van der Waals surface area contributed by atoms with Gasteiger partial charge in [0, 0.05) is 6.04 Å². The summed E-state index contributed by atoms with van der Waals surface area (Å²) in [5, 5.41) is 2.30. The highest BCUT2D eigenvalue weighted by atomic mass is 35.5. The molecule has 0 aromatic carbocycles. The van der Waals surface area contributed by atoms with Crippen molar-refractivity contribution in [2.24, 2.45) is 5.92 Å². The van der Waals surface area contributed by atoms with Gasteiger partial charge < -0.3 is 15.8 Å². The van der Waals surface area contributed by atoms with Crippen LogP contribution in [0, 0.1) is 5.92 Å². The van der Waals surface area contributed by atoms with Gasteiger partial charge in [-0.15, -0.1) is 0 Å². The van der Waals surface area contributed by atoms with Crippen LogP contribution < -0.4 is 11.1 Å². The molecule has 0 fully saturated rings. The van der Waals surface area contributed by atoms with Gasteiger partial charge in [-0.05, 0) is 12.8 Å². The predicted octanol–water partition coefficient (Wildman–Crippen LogP) is 2.94. The first-order chi connectivity index (χ1) is 10.1. The summed E-state index contributed by atoms with van der Waals surface area (Å²) < 4.78 is 4.85. The van der Waals surface area contributed by atoms with Gasteiger partial charge in [-0.25, -0.2) is 9.78 Å². The number of nitrogens with two attached hydrogens (primary N) is 1. The van der Waals surface area contributed by atoms with Crippen LogP contribution in [0.4, 0.5) is 5.69 Å². The van der Waals surface area contributed by atoms with Crippen molar-refractivity contribution in [2.75, 3.05) is 12.3 Å². The number of pyridine rings is 1. The van der Waals surface area contributed by atoms with Crippen LogP contribution in [0.2, 0.25) is 15.2 Å². The van der Waals surface area contributed by atoms with Crippen LogP contribution >= 0.6 is 34.8 Å². The first-order valence-electron chi connectivity index (χ1n) is 6.41. The van der Waals surface area contributed by atoms with Gasteiger partial charge in [-0.2, -0.15) is 0 Å². The quantitative estimate of drug-likeness (QED) is 0.615. The Hall–Kier alpha value is -1.24. The maximum Gasteiger partial charge on any atom is 0.359 e. The Morgan fingerprint density at radius 3 is 2.36 bits per heavy atom. The Balaban J connectivity index is 2.73. The summed E-state index contributed by atoms with van der Waals surface area (Å²) in [7, 11) is 0. The molecule has 0 aliphatic rings. The summed E-state index contributed by atoms with van der Waals surface area (Å²) in [5.41, 5.74) is 5.23. The standard InChI is InChI=1S/C13H16Cl3N3O3/c1-5(2)6(3)18-7(20)4-22-13(21)11-8(14)10(17)9(15)12(16)19-11/h5-6H,4H2,1-3H3,(H2,17,19)(H,18,20)/t6-/m0/s1. The van der Waals surface area contributed by atoms with E-state index in [0.717, 1.165) is 0 Å². The Morgan fingerprint density at radius 1 is 1.23 bits per heavy atom. The van der Waals surface area contributed by atoms with Crippen molar-refractivity contribution >= 4 is 52.4 Å². The number of nitrogen functional groups attached to an aromatic ring is 1. The van der Waals surface area contributed by atoms with Crippen LogP contribution in [0.25, 0.3) is 0 Å². The SMILES string of the molecule is CC(C)[C@H](C)NC(=O)COC(=O)c1nc(Cl)c(Cl)c(N)c1Cl. The first-order valence-corrected chi connectivity index (χ1v) is 7.55. The lowest BCUT2D eigenvalue weighted by Crippen LogP contribution is -2.38. The molecule has 6 nitrogen and oxygen atoms in total. The first kappa shape index (κ1) is 18.8. The van der Waals surface area contributed by atoms with Gasteiger partial charge in [0.25, 0.3) is 5.91 Å². The molecule has 0 saturated heterocycles. The second-order valence-electron chi connectivity index (χ2n) is 4.97. The number of carbonyl (C=O) groups excluding carboxylic acids is 2. The van der Waals surface area contributed by atoms with Crippen LogP contribution in [0.15, 0.2) is 0 Å². The van der Waals surface area contributed by atoms with Crippen molar-refractivity contribution < 1.29 is 14.3 Å². The van der Waals surface area contributed by atoms with Crippen LogP contribution in [0.1, 0.15) is 31.3 Å². The van der Waals surface area contributed by atoms with Crippen molar-refractivity contribution in [2.45, 2.75) is 26.8 Å². The predicted molar refractivity (Wildman–Crippen MR) is 86.4 cm³/mol. The maximum absolute atomic E-state index is 11.9. The monoisotopic (exact) mass is 367 g/mol. The summed E-state index contributed by atoms with van der Waals surface area (Å²) in [6.07, 6.45) is 0. The highest BCUT2D eigenvalue weighted by Crippen LogP contribution is 2.34. The van der Waals surface area contributed by atoms with E-state index in [1.807, 2.05) is 20.8 Å². The van der Waals surface area contributed by atoms with Crippen molar-refractivity contribution in [3.05, 3.63) is 20.9 Å². The largest absolute Gasteiger partial charge is 0.451 e. The summed E-state index contributed by atoms with van der Waals surface area (Å²) in [4.78, 5) is 27.3. The van der Waals surface area contributed by atoms with E-state index in [1.54, 1.807) is 0 Å². The summed E-state index contributed by atoms with van der Waals surface area (Å²) in [6.45, 7) is 5.30. The lowest BCUT2D eigenvalue weighted by atomic mass is 10.1. The fourth-order valence-electron chi connectivity index (χ4n) is 1.33. The molecule has 0 saturated carbocycles. The number of nitrogens with zero attached hydrogens (tertiary/aromatic N) is 1. The molecule has 1 amide bonds. The van der Waals surface area contributed by atoms with Crippen LogP contribution in [0.5, 0.6) is 0 Å². The van der Waals surface area contributed by atoms with Gasteiger partial charge in [0.2, 0.25) is 0 Å². The van der Waals surface area contributed by atoms with Gasteiger partial charge >= 0.3 is 5.97 Å². The van der Waals surface area contributed by atoms with Crippen molar-refractivity contribution in [1.82, 2.24) is 10.3 Å². The van der Waals surface area contributed by atoms with E-state index in [1.165, 1.54) is 0 Å². The van der Waals surface area contributed by atoms with Crippen molar-refractivity contribution in [3.63, 3.8) is 0 Å².